The third-order valence-corrected chi connectivity index (χ3v) is 6.67. The number of aryl methyl sites for hydroxylation is 1. The average molecular weight is 641 g/mol. The number of ether oxygens (including phenoxy) is 2. The van der Waals surface area contributed by atoms with Crippen LogP contribution in [-0.4, -0.2) is 43.6 Å². The Balaban J connectivity index is 1.94. The lowest BCUT2D eigenvalue weighted by Gasteiger charge is -2.17. The zero-order valence-electron chi connectivity index (χ0n) is 21.4. The van der Waals surface area contributed by atoms with Crippen molar-refractivity contribution in [1.29, 1.82) is 0 Å². The molecule has 0 amide bonds. The van der Waals surface area contributed by atoms with Crippen LogP contribution in [-0.2, 0) is 37.2 Å². The lowest BCUT2D eigenvalue weighted by molar-refractivity contribution is -0.143. The van der Waals surface area contributed by atoms with Gasteiger partial charge in [-0.25, -0.2) is 4.79 Å². The second kappa shape index (κ2) is 12.0. The molecule has 0 unspecified atom stereocenters. The van der Waals surface area contributed by atoms with E-state index < -0.39 is 51.5 Å². The second-order valence-corrected chi connectivity index (χ2v) is 9.66. The van der Waals surface area contributed by atoms with E-state index in [9.17, 15) is 35.9 Å². The van der Waals surface area contributed by atoms with Crippen LogP contribution in [0.15, 0.2) is 46.0 Å². The molecule has 0 radical (unpaired) electrons. The molecular formula is C25H20Cl2F6N4O5. The first kappa shape index (κ1) is 31.4. The Kier molecular flexibility index (Phi) is 8.97. The van der Waals surface area contributed by atoms with Gasteiger partial charge >= 0.3 is 24.1 Å². The summed E-state index contributed by atoms with van der Waals surface area (Å²) in [4.78, 5) is 30.5. The summed E-state index contributed by atoms with van der Waals surface area (Å²) >= 11 is 11.4. The minimum absolute atomic E-state index is 0.0509. The van der Waals surface area contributed by atoms with Crippen molar-refractivity contribution in [2.75, 3.05) is 19.8 Å². The number of aliphatic hydroxyl groups excluding tert-OH is 1. The van der Waals surface area contributed by atoms with Gasteiger partial charge in [0, 0.05) is 12.1 Å². The van der Waals surface area contributed by atoms with Gasteiger partial charge in [-0.1, -0.05) is 35.3 Å². The molecule has 9 nitrogen and oxygen atoms in total. The van der Waals surface area contributed by atoms with E-state index in [4.69, 9.17) is 37.8 Å². The first-order valence-corrected chi connectivity index (χ1v) is 12.7. The van der Waals surface area contributed by atoms with Crippen molar-refractivity contribution in [2.45, 2.75) is 25.4 Å². The molecule has 226 valence electrons. The fourth-order valence-electron chi connectivity index (χ4n) is 4.04. The van der Waals surface area contributed by atoms with Gasteiger partial charge in [-0.2, -0.15) is 31.3 Å². The molecule has 2 heterocycles. The molecule has 0 saturated heterocycles. The highest BCUT2D eigenvalue weighted by atomic mass is 35.5. The van der Waals surface area contributed by atoms with Crippen LogP contribution in [0.5, 0.6) is 11.8 Å². The average Bonchev–Trinajstić information content (AvgIpc) is 3.25. The van der Waals surface area contributed by atoms with Gasteiger partial charge in [0.15, 0.2) is 11.2 Å². The maximum Gasteiger partial charge on any atom is 0.417 e. The minimum Gasteiger partial charge on any atom is -0.425 e. The van der Waals surface area contributed by atoms with Crippen LogP contribution in [0.25, 0.3) is 11.2 Å². The fourth-order valence-corrected chi connectivity index (χ4v) is 4.49. The predicted molar refractivity (Wildman–Crippen MR) is 139 cm³/mol. The van der Waals surface area contributed by atoms with Gasteiger partial charge in [-0.05, 0) is 29.8 Å². The van der Waals surface area contributed by atoms with Gasteiger partial charge in [0.25, 0.3) is 5.56 Å². The number of alkyl halides is 6. The lowest BCUT2D eigenvalue weighted by atomic mass is 10.1. The number of rotatable bonds is 9. The summed E-state index contributed by atoms with van der Waals surface area (Å²) in [6, 6.07) is 6.14. The van der Waals surface area contributed by atoms with E-state index >= 15 is 0 Å². The number of aromatic nitrogens is 4. The van der Waals surface area contributed by atoms with Crippen LogP contribution in [0, 0.1) is 0 Å². The Morgan fingerprint density at radius 3 is 2.07 bits per heavy atom. The van der Waals surface area contributed by atoms with Crippen LogP contribution in [0.4, 0.5) is 26.3 Å². The van der Waals surface area contributed by atoms with Gasteiger partial charge in [-0.15, -0.1) is 0 Å². The number of hydrogen-bond acceptors (Lipinski definition) is 6. The SMILES string of the molecule is Cn1c(=O)n(CCOCCO)c(=O)c2c1nc(Oc1cc(C(F)(F)F)c(Cl)c(C(F)(F)F)c1)n2Cc1ccc(Cl)cc1. The van der Waals surface area contributed by atoms with Crippen molar-refractivity contribution in [2.24, 2.45) is 7.05 Å². The number of imidazole rings is 1. The van der Waals surface area contributed by atoms with Crippen LogP contribution in [0.3, 0.4) is 0 Å². The molecule has 0 fully saturated rings. The third-order valence-electron chi connectivity index (χ3n) is 6.01. The zero-order chi connectivity index (χ0) is 31.0. The number of halogens is 8. The Morgan fingerprint density at radius 1 is 0.929 bits per heavy atom. The lowest BCUT2D eigenvalue weighted by Crippen LogP contribution is -2.40. The second-order valence-electron chi connectivity index (χ2n) is 8.84. The summed E-state index contributed by atoms with van der Waals surface area (Å²) in [6.45, 7) is -0.905. The van der Waals surface area contributed by atoms with Crippen LogP contribution < -0.4 is 16.0 Å². The van der Waals surface area contributed by atoms with Crippen LogP contribution in [0.1, 0.15) is 16.7 Å². The summed E-state index contributed by atoms with van der Waals surface area (Å²) in [7, 11) is 1.27. The van der Waals surface area contributed by atoms with Gasteiger partial charge in [-0.3, -0.25) is 18.5 Å². The summed E-state index contributed by atoms with van der Waals surface area (Å²) in [5, 5.41) is 7.70. The summed E-state index contributed by atoms with van der Waals surface area (Å²) in [5.41, 5.74) is -5.28. The smallest absolute Gasteiger partial charge is 0.417 e. The number of hydrogen-bond donors (Lipinski definition) is 1. The van der Waals surface area contributed by atoms with E-state index in [1.165, 1.54) is 19.2 Å². The highest BCUT2D eigenvalue weighted by molar-refractivity contribution is 6.32. The minimum atomic E-state index is -5.27. The summed E-state index contributed by atoms with van der Waals surface area (Å²) < 4.78 is 95.1. The molecule has 1 N–H and O–H groups in total. The van der Waals surface area contributed by atoms with E-state index in [0.717, 1.165) is 13.7 Å². The van der Waals surface area contributed by atoms with Crippen molar-refractivity contribution in [3.05, 3.63) is 84.0 Å². The van der Waals surface area contributed by atoms with Gasteiger partial charge in [0.05, 0.1) is 49.1 Å². The predicted octanol–water partition coefficient (Wildman–Crippen LogP) is 5.09. The van der Waals surface area contributed by atoms with E-state index in [-0.39, 0.29) is 56.2 Å². The third kappa shape index (κ3) is 6.43. The molecule has 42 heavy (non-hydrogen) atoms. The standard InChI is InChI=1S/C25H20Cl2F6N4O5/c1-35-20-19(21(39)36(23(35)40)6-8-41-9-7-38)37(12-13-2-4-14(26)5-3-13)22(34-20)42-15-10-16(24(28,29)30)18(27)17(11-15)25(31,32)33/h2-5,10-11,38H,6-9,12H2,1H3. The Bertz CT molecular complexity index is 1690. The van der Waals surface area contributed by atoms with Crippen LogP contribution in [0.2, 0.25) is 10.0 Å². The molecule has 0 aliphatic carbocycles. The molecule has 0 aliphatic heterocycles. The summed E-state index contributed by atoms with van der Waals surface area (Å²) in [5.74, 6) is -0.922. The maximum atomic E-state index is 13.6. The molecule has 4 rings (SSSR count). The number of nitrogens with zero attached hydrogens (tertiary/aromatic N) is 4. The Hall–Kier alpha value is -3.53. The topological polar surface area (TPSA) is 101 Å². The van der Waals surface area contributed by atoms with E-state index in [0.29, 0.717) is 10.6 Å². The molecule has 0 bridgehead atoms. The Labute approximate surface area is 242 Å². The van der Waals surface area contributed by atoms with E-state index in [1.54, 1.807) is 12.1 Å². The molecule has 2 aromatic heterocycles. The van der Waals surface area contributed by atoms with Crippen molar-refractivity contribution >= 4 is 34.4 Å². The van der Waals surface area contributed by atoms with Gasteiger partial charge < -0.3 is 14.6 Å². The number of aliphatic hydroxyl groups is 1. The molecular weight excluding hydrogens is 621 g/mol. The number of benzene rings is 2. The monoisotopic (exact) mass is 640 g/mol. The molecule has 0 aliphatic rings. The van der Waals surface area contributed by atoms with Gasteiger partial charge in [0.1, 0.15) is 5.75 Å². The highest BCUT2D eigenvalue weighted by Gasteiger charge is 2.41. The quantitative estimate of drug-likeness (QED) is 0.202. The molecule has 2 aromatic carbocycles. The molecule has 0 atom stereocenters. The molecule has 4 aromatic rings. The highest BCUT2D eigenvalue weighted by Crippen LogP contribution is 2.45. The Morgan fingerprint density at radius 2 is 1.52 bits per heavy atom. The van der Waals surface area contributed by atoms with Crippen molar-refractivity contribution in [3.8, 4) is 11.8 Å². The first-order chi connectivity index (χ1) is 19.6. The largest absolute Gasteiger partial charge is 0.425 e. The normalized spacial score (nSPS) is 12.3. The van der Waals surface area contributed by atoms with Gasteiger partial charge in [0.2, 0.25) is 0 Å². The van der Waals surface area contributed by atoms with Crippen LogP contribution >= 0.6 is 23.2 Å². The first-order valence-electron chi connectivity index (χ1n) is 11.9. The zero-order valence-corrected chi connectivity index (χ0v) is 22.9. The molecule has 0 saturated carbocycles. The van der Waals surface area contributed by atoms with Crippen molar-refractivity contribution < 1.29 is 40.9 Å². The molecule has 17 heteroatoms. The van der Waals surface area contributed by atoms with Crippen molar-refractivity contribution in [1.82, 2.24) is 18.7 Å². The van der Waals surface area contributed by atoms with E-state index in [1.807, 2.05) is 0 Å². The van der Waals surface area contributed by atoms with E-state index in [2.05, 4.69) is 4.98 Å². The maximum absolute atomic E-state index is 13.6. The molecule has 0 spiro atoms. The summed E-state index contributed by atoms with van der Waals surface area (Å²) in [6.07, 6.45) is -10.5. The number of fused-ring (bicyclic) bond motifs is 1. The van der Waals surface area contributed by atoms with Crippen molar-refractivity contribution in [3.63, 3.8) is 0 Å². The fraction of sp³-hybridized carbons (Fsp3) is 0.320.